The number of likely N-dealkylation sites (tertiary alicyclic amines) is 2. The number of aryl methyl sites for hydroxylation is 1. The van der Waals surface area contributed by atoms with Crippen LogP contribution in [0.1, 0.15) is 37.7 Å². The zero-order valence-corrected chi connectivity index (χ0v) is 15.3. The number of fused-ring (bicyclic) bond motifs is 1. The Morgan fingerprint density at radius 2 is 1.96 bits per heavy atom. The Bertz CT molecular complexity index is 664. The summed E-state index contributed by atoms with van der Waals surface area (Å²) in [5.41, 5.74) is 0.312. The number of hydrogen-bond acceptors (Lipinski definition) is 3. The molecule has 6 heteroatoms. The van der Waals surface area contributed by atoms with Crippen molar-refractivity contribution in [3.05, 3.63) is 35.6 Å². The molecule has 1 N–H and O–H groups in total. The second-order valence-corrected chi connectivity index (χ2v) is 7.63. The van der Waals surface area contributed by atoms with Gasteiger partial charge in [-0.3, -0.25) is 9.59 Å². The number of rotatable bonds is 5. The third kappa shape index (κ3) is 3.75. The third-order valence-corrected chi connectivity index (χ3v) is 6.07. The number of nitrogens with zero attached hydrogens (tertiary/aromatic N) is 2. The molecule has 2 saturated heterocycles. The molecular formula is C20H27FN2O3. The van der Waals surface area contributed by atoms with Crippen LogP contribution in [0.25, 0.3) is 0 Å². The van der Waals surface area contributed by atoms with Gasteiger partial charge in [-0.2, -0.15) is 0 Å². The van der Waals surface area contributed by atoms with Crippen molar-refractivity contribution >= 4 is 11.9 Å². The lowest BCUT2D eigenvalue weighted by Gasteiger charge is -2.51. The Labute approximate surface area is 153 Å². The van der Waals surface area contributed by atoms with Crippen LogP contribution in [0.4, 0.5) is 4.39 Å². The molecule has 2 fully saturated rings. The standard InChI is InChI=1S/C20H27FN2O3/c1-22-12-3-10-20(19(25)26)11-13-23(14-17(20)22)18(24)5-2-4-15-6-8-16(21)9-7-15/h6-9,17H,2-5,10-14H2,1H3,(H,25,26)/t17-,20+/m1/s1. The Hall–Kier alpha value is -1.95. The first-order chi connectivity index (χ1) is 12.4. The van der Waals surface area contributed by atoms with Crippen LogP contribution in [0.5, 0.6) is 0 Å². The Kier molecular flexibility index (Phi) is 5.61. The largest absolute Gasteiger partial charge is 0.481 e. The molecular weight excluding hydrogens is 335 g/mol. The molecule has 0 radical (unpaired) electrons. The van der Waals surface area contributed by atoms with Gasteiger partial charge < -0.3 is 14.9 Å². The molecule has 26 heavy (non-hydrogen) atoms. The number of carboxylic acids is 1. The van der Waals surface area contributed by atoms with E-state index < -0.39 is 11.4 Å². The van der Waals surface area contributed by atoms with Crippen LogP contribution in [0.15, 0.2) is 24.3 Å². The van der Waals surface area contributed by atoms with E-state index in [9.17, 15) is 19.1 Å². The molecule has 1 aromatic rings. The molecule has 2 heterocycles. The summed E-state index contributed by atoms with van der Waals surface area (Å²) in [7, 11) is 1.96. The van der Waals surface area contributed by atoms with Crippen LogP contribution < -0.4 is 0 Å². The van der Waals surface area contributed by atoms with Crippen molar-refractivity contribution in [2.75, 3.05) is 26.7 Å². The van der Waals surface area contributed by atoms with E-state index in [-0.39, 0.29) is 17.8 Å². The van der Waals surface area contributed by atoms with Crippen molar-refractivity contribution in [1.29, 1.82) is 0 Å². The van der Waals surface area contributed by atoms with Gasteiger partial charge in [0.15, 0.2) is 0 Å². The fraction of sp³-hybridized carbons (Fsp3) is 0.600. The number of benzene rings is 1. The lowest BCUT2D eigenvalue weighted by Crippen LogP contribution is -2.63. The smallest absolute Gasteiger partial charge is 0.311 e. The van der Waals surface area contributed by atoms with E-state index in [0.717, 1.165) is 24.9 Å². The molecule has 0 saturated carbocycles. The summed E-state index contributed by atoms with van der Waals surface area (Å²) in [6.07, 6.45) is 4.01. The molecule has 5 nitrogen and oxygen atoms in total. The van der Waals surface area contributed by atoms with Gasteiger partial charge in [0.1, 0.15) is 5.82 Å². The topological polar surface area (TPSA) is 60.9 Å². The maximum atomic E-state index is 12.9. The predicted molar refractivity (Wildman–Crippen MR) is 96.3 cm³/mol. The lowest BCUT2D eigenvalue weighted by molar-refractivity contribution is -0.165. The minimum Gasteiger partial charge on any atom is -0.481 e. The van der Waals surface area contributed by atoms with Crippen molar-refractivity contribution < 1.29 is 19.1 Å². The first-order valence-electron chi connectivity index (χ1n) is 9.38. The zero-order chi connectivity index (χ0) is 18.7. The van der Waals surface area contributed by atoms with E-state index in [1.54, 1.807) is 12.1 Å². The van der Waals surface area contributed by atoms with Gasteiger partial charge in [0.25, 0.3) is 0 Å². The van der Waals surface area contributed by atoms with Crippen molar-refractivity contribution in [3.63, 3.8) is 0 Å². The Morgan fingerprint density at radius 1 is 1.23 bits per heavy atom. The summed E-state index contributed by atoms with van der Waals surface area (Å²) in [6.45, 7) is 1.90. The van der Waals surface area contributed by atoms with Crippen LogP contribution in [0.3, 0.4) is 0 Å². The number of carbonyl (C=O) groups is 2. The molecule has 2 atom stereocenters. The zero-order valence-electron chi connectivity index (χ0n) is 15.3. The van der Waals surface area contributed by atoms with Gasteiger partial charge in [-0.25, -0.2) is 4.39 Å². The molecule has 2 aliphatic heterocycles. The van der Waals surface area contributed by atoms with E-state index >= 15 is 0 Å². The summed E-state index contributed by atoms with van der Waals surface area (Å²) >= 11 is 0. The fourth-order valence-corrected chi connectivity index (χ4v) is 4.46. The summed E-state index contributed by atoms with van der Waals surface area (Å²) in [4.78, 5) is 28.5. The first kappa shape index (κ1) is 18.8. The second kappa shape index (κ2) is 7.74. The second-order valence-electron chi connectivity index (χ2n) is 7.63. The van der Waals surface area contributed by atoms with Gasteiger partial charge in [-0.1, -0.05) is 12.1 Å². The quantitative estimate of drug-likeness (QED) is 0.874. The summed E-state index contributed by atoms with van der Waals surface area (Å²) < 4.78 is 12.9. The van der Waals surface area contributed by atoms with Gasteiger partial charge in [0.2, 0.25) is 5.91 Å². The predicted octanol–water partition coefficient (Wildman–Crippen LogP) is 2.55. The van der Waals surface area contributed by atoms with E-state index in [1.807, 2.05) is 11.9 Å². The SMILES string of the molecule is CN1CCC[C@]2(C(=O)O)CCN(C(=O)CCCc3ccc(F)cc3)C[C@@H]12. The van der Waals surface area contributed by atoms with E-state index in [2.05, 4.69) is 4.90 Å². The highest BCUT2D eigenvalue weighted by Gasteiger charge is 2.52. The van der Waals surface area contributed by atoms with Crippen LogP contribution in [0.2, 0.25) is 0 Å². The number of amides is 1. The first-order valence-corrected chi connectivity index (χ1v) is 9.38. The van der Waals surface area contributed by atoms with Crippen LogP contribution in [-0.2, 0) is 16.0 Å². The van der Waals surface area contributed by atoms with Gasteiger partial charge in [0.05, 0.1) is 5.41 Å². The summed E-state index contributed by atoms with van der Waals surface area (Å²) in [5, 5.41) is 9.80. The Morgan fingerprint density at radius 3 is 2.65 bits per heavy atom. The van der Waals surface area contributed by atoms with Crippen molar-refractivity contribution in [2.45, 2.75) is 44.6 Å². The minimum atomic E-state index is -0.725. The van der Waals surface area contributed by atoms with Gasteiger partial charge in [-0.15, -0.1) is 0 Å². The van der Waals surface area contributed by atoms with Crippen molar-refractivity contribution in [3.8, 4) is 0 Å². The number of halogens is 1. The van der Waals surface area contributed by atoms with E-state index in [0.29, 0.717) is 38.8 Å². The number of hydrogen-bond donors (Lipinski definition) is 1. The maximum Gasteiger partial charge on any atom is 0.311 e. The highest BCUT2D eigenvalue weighted by Crippen LogP contribution is 2.42. The third-order valence-electron chi connectivity index (χ3n) is 6.07. The van der Waals surface area contributed by atoms with Crippen LogP contribution >= 0.6 is 0 Å². The van der Waals surface area contributed by atoms with E-state index in [4.69, 9.17) is 0 Å². The van der Waals surface area contributed by atoms with Gasteiger partial charge in [-0.05, 0) is 63.4 Å². The maximum absolute atomic E-state index is 12.9. The minimum absolute atomic E-state index is 0.0880. The summed E-state index contributed by atoms with van der Waals surface area (Å²) in [5.74, 6) is -0.890. The molecule has 0 spiro atoms. The van der Waals surface area contributed by atoms with E-state index in [1.165, 1.54) is 12.1 Å². The number of piperidine rings is 2. The monoisotopic (exact) mass is 362 g/mol. The van der Waals surface area contributed by atoms with Crippen molar-refractivity contribution in [2.24, 2.45) is 5.41 Å². The molecule has 0 aromatic heterocycles. The highest BCUT2D eigenvalue weighted by molar-refractivity contribution is 5.79. The molecule has 0 bridgehead atoms. The number of likely N-dealkylation sites (N-methyl/N-ethyl adjacent to an activating group) is 1. The molecule has 0 unspecified atom stereocenters. The molecule has 1 amide bonds. The molecule has 2 aliphatic rings. The molecule has 1 aromatic carbocycles. The molecule has 142 valence electrons. The number of carboxylic acid groups (broad SMARTS) is 1. The Balaban J connectivity index is 1.56. The highest BCUT2D eigenvalue weighted by atomic mass is 19.1. The van der Waals surface area contributed by atoms with Crippen LogP contribution in [0, 0.1) is 11.2 Å². The average Bonchev–Trinajstić information content (AvgIpc) is 2.63. The van der Waals surface area contributed by atoms with Gasteiger partial charge in [0, 0.05) is 25.6 Å². The van der Waals surface area contributed by atoms with Crippen molar-refractivity contribution in [1.82, 2.24) is 9.80 Å². The molecule has 3 rings (SSSR count). The number of carbonyl (C=O) groups excluding carboxylic acids is 1. The normalized spacial score (nSPS) is 26.4. The van der Waals surface area contributed by atoms with Gasteiger partial charge >= 0.3 is 5.97 Å². The van der Waals surface area contributed by atoms with Crippen LogP contribution in [-0.4, -0.2) is 59.5 Å². The fourth-order valence-electron chi connectivity index (χ4n) is 4.46. The average molecular weight is 362 g/mol. The summed E-state index contributed by atoms with van der Waals surface area (Å²) in [6, 6.07) is 6.26. The lowest BCUT2D eigenvalue weighted by atomic mass is 9.68. The molecule has 0 aliphatic carbocycles. The number of aliphatic carboxylic acids is 1.